The van der Waals surface area contributed by atoms with E-state index in [1.165, 1.54) is 25.7 Å². The topological polar surface area (TPSA) is 163 Å². The molecule has 0 spiro atoms. The Balaban J connectivity index is 1.69. The zero-order valence-corrected chi connectivity index (χ0v) is 36.8. The summed E-state index contributed by atoms with van der Waals surface area (Å²) in [6, 6.07) is 0. The molecule has 0 aliphatic heterocycles. The number of carbonyl (C=O) groups is 2. The molecular weight excluding hydrogens is 855 g/mol. The van der Waals surface area contributed by atoms with Crippen LogP contribution in [0.2, 0.25) is 0 Å². The molecule has 0 N–H and O–H groups in total. The SMILES string of the molecule is CCCCCCCCC(=O)OCCOCCOCCOCCOCCOCCOCCOCCOCCOCCOCCOCCOCCC(=O)Oc1c(F)c(F)c(F)c(F)c1F. The quantitative estimate of drug-likeness (QED) is 0.0210. The van der Waals surface area contributed by atoms with E-state index in [0.29, 0.717) is 139 Å². The third-order valence-corrected chi connectivity index (χ3v) is 8.15. The molecule has 0 heterocycles. The minimum absolute atomic E-state index is 0.0744. The molecule has 0 aliphatic carbocycles. The monoisotopic (exact) mass is 924 g/mol. The van der Waals surface area contributed by atoms with E-state index in [0.717, 1.165) is 12.8 Å². The number of hydrogen-bond donors (Lipinski definition) is 0. The smallest absolute Gasteiger partial charge is 0.313 e. The molecule has 0 aliphatic rings. The Labute approximate surface area is 367 Å². The normalized spacial score (nSPS) is 11.5. The summed E-state index contributed by atoms with van der Waals surface area (Å²) in [6.07, 6.45) is 6.81. The van der Waals surface area contributed by atoms with Crippen molar-refractivity contribution < 1.29 is 97.9 Å². The largest absolute Gasteiger partial charge is 0.463 e. The van der Waals surface area contributed by atoms with E-state index in [9.17, 15) is 31.5 Å². The molecule has 1 rings (SSSR count). The molecule has 0 radical (unpaired) electrons. The van der Waals surface area contributed by atoms with Crippen LogP contribution in [0.4, 0.5) is 22.0 Å². The summed E-state index contributed by atoms with van der Waals surface area (Å²) in [5.41, 5.74) is 0. The van der Waals surface area contributed by atoms with Crippen LogP contribution in [0.15, 0.2) is 0 Å². The summed E-state index contributed by atoms with van der Waals surface area (Å²) in [4.78, 5) is 23.4. The summed E-state index contributed by atoms with van der Waals surface area (Å²) in [7, 11) is 0. The van der Waals surface area contributed by atoms with Gasteiger partial charge in [-0.25, -0.2) is 13.2 Å². The van der Waals surface area contributed by atoms with E-state index in [2.05, 4.69) is 11.7 Å². The number of halogens is 5. The predicted molar refractivity (Wildman–Crippen MR) is 215 cm³/mol. The molecule has 1 aromatic carbocycles. The van der Waals surface area contributed by atoms with Gasteiger partial charge in [-0.1, -0.05) is 39.0 Å². The van der Waals surface area contributed by atoms with Crippen molar-refractivity contribution in [1.29, 1.82) is 0 Å². The van der Waals surface area contributed by atoms with Crippen molar-refractivity contribution in [1.82, 2.24) is 0 Å². The number of ether oxygens (including phenoxy) is 14. The van der Waals surface area contributed by atoms with Crippen molar-refractivity contribution in [2.75, 3.05) is 165 Å². The van der Waals surface area contributed by atoms with Crippen LogP contribution in [0.5, 0.6) is 5.75 Å². The van der Waals surface area contributed by atoms with Crippen LogP contribution in [-0.4, -0.2) is 177 Å². The fraction of sp³-hybridized carbons (Fsp3) is 0.810. The van der Waals surface area contributed by atoms with Gasteiger partial charge in [-0.3, -0.25) is 9.59 Å². The maximum absolute atomic E-state index is 13.6. The van der Waals surface area contributed by atoms with Gasteiger partial charge < -0.3 is 66.3 Å². The fourth-order valence-corrected chi connectivity index (χ4v) is 4.85. The van der Waals surface area contributed by atoms with Crippen LogP contribution >= 0.6 is 0 Å². The van der Waals surface area contributed by atoms with E-state index in [1.54, 1.807) is 0 Å². The van der Waals surface area contributed by atoms with Crippen molar-refractivity contribution in [3.05, 3.63) is 29.1 Å². The zero-order chi connectivity index (χ0) is 45.9. The van der Waals surface area contributed by atoms with Crippen molar-refractivity contribution in [3.63, 3.8) is 0 Å². The third kappa shape index (κ3) is 34.4. The van der Waals surface area contributed by atoms with Crippen molar-refractivity contribution in [3.8, 4) is 5.75 Å². The lowest BCUT2D eigenvalue weighted by molar-refractivity contribution is -0.145. The maximum Gasteiger partial charge on any atom is 0.313 e. The van der Waals surface area contributed by atoms with Gasteiger partial charge in [0.15, 0.2) is 0 Å². The van der Waals surface area contributed by atoms with Gasteiger partial charge in [-0.2, -0.15) is 8.78 Å². The Morgan fingerprint density at radius 3 is 0.921 bits per heavy atom. The van der Waals surface area contributed by atoms with Gasteiger partial charge in [0, 0.05) is 6.42 Å². The number of unbranched alkanes of at least 4 members (excludes halogenated alkanes) is 5. The van der Waals surface area contributed by atoms with Gasteiger partial charge in [0.05, 0.1) is 165 Å². The van der Waals surface area contributed by atoms with Crippen LogP contribution in [0.25, 0.3) is 0 Å². The van der Waals surface area contributed by atoms with Crippen molar-refractivity contribution >= 4 is 11.9 Å². The molecule has 0 atom stereocenters. The maximum atomic E-state index is 13.6. The first kappa shape index (κ1) is 58.3. The summed E-state index contributed by atoms with van der Waals surface area (Å²) >= 11 is 0. The summed E-state index contributed by atoms with van der Waals surface area (Å²) in [5, 5.41) is 0. The highest BCUT2D eigenvalue weighted by Gasteiger charge is 2.28. The predicted octanol–water partition coefficient (Wildman–Crippen LogP) is 5.17. The van der Waals surface area contributed by atoms with Gasteiger partial charge in [-0.15, -0.1) is 0 Å². The van der Waals surface area contributed by atoms with Crippen LogP contribution in [-0.2, 0) is 71.2 Å². The van der Waals surface area contributed by atoms with E-state index in [1.807, 2.05) is 0 Å². The number of hydrogen-bond acceptors (Lipinski definition) is 16. The second-order valence-corrected chi connectivity index (χ2v) is 13.2. The first-order valence-electron chi connectivity index (χ1n) is 21.6. The zero-order valence-electron chi connectivity index (χ0n) is 36.8. The standard InChI is InChI=1S/C42H69F5O16/c1-2-3-4-5-6-7-8-35(48)62-34-33-61-32-31-60-30-29-59-28-27-58-26-25-57-24-23-56-22-21-55-20-19-54-18-17-53-16-15-52-14-13-51-12-11-50-10-9-36(49)63-42-40(46)38(44)37(43)39(45)41(42)47/h2-34H2,1H3. The van der Waals surface area contributed by atoms with Gasteiger partial charge in [0.1, 0.15) is 6.61 Å². The lowest BCUT2D eigenvalue weighted by Crippen LogP contribution is -2.16. The van der Waals surface area contributed by atoms with Crippen LogP contribution in [0, 0.1) is 29.1 Å². The number of esters is 2. The minimum Gasteiger partial charge on any atom is -0.463 e. The highest BCUT2D eigenvalue weighted by molar-refractivity contribution is 5.72. The van der Waals surface area contributed by atoms with Crippen LogP contribution in [0.1, 0.15) is 58.3 Å². The average Bonchev–Trinajstić information content (AvgIpc) is 3.28. The van der Waals surface area contributed by atoms with E-state index >= 15 is 0 Å². The first-order valence-corrected chi connectivity index (χ1v) is 21.6. The number of carbonyl (C=O) groups excluding carboxylic acids is 2. The Bertz CT molecular complexity index is 1230. The van der Waals surface area contributed by atoms with Crippen LogP contribution in [0.3, 0.4) is 0 Å². The molecular formula is C42H69F5O16. The molecule has 368 valence electrons. The van der Waals surface area contributed by atoms with E-state index in [4.69, 9.17) is 61.6 Å². The molecule has 21 heteroatoms. The van der Waals surface area contributed by atoms with Gasteiger partial charge >= 0.3 is 11.9 Å². The minimum atomic E-state index is -2.35. The molecule has 0 saturated carbocycles. The Kier molecular flexibility index (Phi) is 40.0. The molecule has 1 aromatic rings. The summed E-state index contributed by atoms with van der Waals surface area (Å²) in [6.45, 7) is 11.1. The molecule has 16 nitrogen and oxygen atoms in total. The first-order chi connectivity index (χ1) is 30.8. The van der Waals surface area contributed by atoms with Crippen molar-refractivity contribution in [2.45, 2.75) is 58.3 Å². The number of rotatable bonds is 47. The number of benzene rings is 1. The van der Waals surface area contributed by atoms with Crippen molar-refractivity contribution in [2.24, 2.45) is 0 Å². The van der Waals surface area contributed by atoms with E-state index in [-0.39, 0.29) is 39.0 Å². The Morgan fingerprint density at radius 2 is 0.587 bits per heavy atom. The van der Waals surface area contributed by atoms with Gasteiger partial charge in [0.25, 0.3) is 0 Å². The fourth-order valence-electron chi connectivity index (χ4n) is 4.85. The summed E-state index contributed by atoms with van der Waals surface area (Å²) < 4.78 is 141. The molecule has 0 unspecified atom stereocenters. The Hall–Kier alpha value is -2.67. The molecule has 0 amide bonds. The third-order valence-electron chi connectivity index (χ3n) is 8.15. The summed E-state index contributed by atoms with van der Waals surface area (Å²) in [5.74, 6) is -14.3. The second-order valence-electron chi connectivity index (χ2n) is 13.2. The van der Waals surface area contributed by atoms with E-state index < -0.39 is 47.2 Å². The molecule has 0 aromatic heterocycles. The molecule has 0 saturated heterocycles. The second kappa shape index (κ2) is 43.2. The lowest BCUT2D eigenvalue weighted by atomic mass is 10.1. The van der Waals surface area contributed by atoms with Crippen LogP contribution < -0.4 is 4.74 Å². The van der Waals surface area contributed by atoms with Gasteiger partial charge in [-0.05, 0) is 6.42 Å². The highest BCUT2D eigenvalue weighted by Crippen LogP contribution is 2.29. The average molecular weight is 925 g/mol. The lowest BCUT2D eigenvalue weighted by Gasteiger charge is -2.09. The highest BCUT2D eigenvalue weighted by atomic mass is 19.2. The van der Waals surface area contributed by atoms with Gasteiger partial charge in [0.2, 0.25) is 34.8 Å². The Morgan fingerprint density at radius 1 is 0.317 bits per heavy atom. The molecule has 63 heavy (non-hydrogen) atoms. The molecule has 0 bridgehead atoms. The molecule has 0 fully saturated rings.